The standard InChI is InChI=1S/C23H38N4O/c1-5-10-26-11-8-20(9-12-26)16-25-23(24-4)27-13-14-28-22(17-27)21-7-6-18(2)15-19(21)3/h6-7,15,20,22H,5,8-14,16-17H2,1-4H3,(H,24,25). The highest BCUT2D eigenvalue weighted by atomic mass is 16.5. The number of piperidine rings is 1. The van der Waals surface area contributed by atoms with Gasteiger partial charge in [0.25, 0.3) is 0 Å². The molecular formula is C23H38N4O. The normalized spacial score (nSPS) is 22.5. The molecule has 3 rings (SSSR count). The second kappa shape index (κ2) is 10.3. The van der Waals surface area contributed by atoms with E-state index in [1.165, 1.54) is 55.6 Å². The third-order valence-corrected chi connectivity index (χ3v) is 6.15. The highest BCUT2D eigenvalue weighted by Gasteiger charge is 2.26. The van der Waals surface area contributed by atoms with Gasteiger partial charge >= 0.3 is 0 Å². The Kier molecular flexibility index (Phi) is 7.74. The van der Waals surface area contributed by atoms with Gasteiger partial charge in [0.05, 0.1) is 13.2 Å². The maximum absolute atomic E-state index is 6.11. The number of benzene rings is 1. The van der Waals surface area contributed by atoms with Crippen molar-refractivity contribution in [1.82, 2.24) is 15.1 Å². The highest BCUT2D eigenvalue weighted by molar-refractivity contribution is 5.80. The zero-order valence-corrected chi connectivity index (χ0v) is 18.2. The van der Waals surface area contributed by atoms with E-state index in [0.29, 0.717) is 0 Å². The van der Waals surface area contributed by atoms with E-state index >= 15 is 0 Å². The Balaban J connectivity index is 1.53. The first-order valence-electron chi connectivity index (χ1n) is 11.0. The third-order valence-electron chi connectivity index (χ3n) is 6.15. The Hall–Kier alpha value is -1.59. The Labute approximate surface area is 171 Å². The zero-order chi connectivity index (χ0) is 19.9. The maximum atomic E-state index is 6.11. The van der Waals surface area contributed by atoms with Crippen LogP contribution in [0.25, 0.3) is 0 Å². The van der Waals surface area contributed by atoms with Crippen molar-refractivity contribution in [2.45, 2.75) is 46.1 Å². The van der Waals surface area contributed by atoms with Gasteiger partial charge < -0.3 is 19.9 Å². The molecule has 0 aromatic heterocycles. The summed E-state index contributed by atoms with van der Waals surface area (Å²) in [7, 11) is 1.90. The molecule has 0 saturated carbocycles. The van der Waals surface area contributed by atoms with E-state index in [9.17, 15) is 0 Å². The number of ether oxygens (including phenoxy) is 1. The molecule has 1 aromatic rings. The molecule has 1 unspecified atom stereocenters. The number of nitrogens with zero attached hydrogens (tertiary/aromatic N) is 3. The molecule has 156 valence electrons. The molecule has 0 aliphatic carbocycles. The van der Waals surface area contributed by atoms with Crippen LogP contribution in [0.2, 0.25) is 0 Å². The smallest absolute Gasteiger partial charge is 0.193 e. The average Bonchev–Trinajstić information content (AvgIpc) is 2.70. The summed E-state index contributed by atoms with van der Waals surface area (Å²) < 4.78 is 6.11. The number of hydrogen-bond donors (Lipinski definition) is 1. The minimum atomic E-state index is 0.116. The van der Waals surface area contributed by atoms with Gasteiger partial charge in [0.1, 0.15) is 6.10 Å². The number of nitrogens with one attached hydrogen (secondary N) is 1. The van der Waals surface area contributed by atoms with Crippen molar-refractivity contribution >= 4 is 5.96 Å². The molecule has 2 aliphatic heterocycles. The fourth-order valence-corrected chi connectivity index (χ4v) is 4.51. The van der Waals surface area contributed by atoms with Gasteiger partial charge in [-0.25, -0.2) is 0 Å². The molecule has 2 saturated heterocycles. The number of hydrogen-bond acceptors (Lipinski definition) is 3. The van der Waals surface area contributed by atoms with E-state index in [4.69, 9.17) is 4.74 Å². The predicted molar refractivity (Wildman–Crippen MR) is 117 cm³/mol. The molecule has 5 nitrogen and oxygen atoms in total. The van der Waals surface area contributed by atoms with E-state index in [0.717, 1.165) is 38.1 Å². The summed E-state index contributed by atoms with van der Waals surface area (Å²) in [6.07, 6.45) is 3.95. The van der Waals surface area contributed by atoms with Crippen LogP contribution in [0.15, 0.2) is 23.2 Å². The molecule has 0 bridgehead atoms. The molecular weight excluding hydrogens is 348 g/mol. The quantitative estimate of drug-likeness (QED) is 0.622. The van der Waals surface area contributed by atoms with Crippen molar-refractivity contribution in [3.05, 3.63) is 34.9 Å². The van der Waals surface area contributed by atoms with Crippen LogP contribution in [0.5, 0.6) is 0 Å². The molecule has 28 heavy (non-hydrogen) atoms. The fourth-order valence-electron chi connectivity index (χ4n) is 4.51. The zero-order valence-electron chi connectivity index (χ0n) is 18.2. The Bertz CT molecular complexity index is 652. The SMILES string of the molecule is CCCN1CCC(CNC(=NC)N2CCOC(c3ccc(C)cc3C)C2)CC1. The van der Waals surface area contributed by atoms with Gasteiger partial charge in [-0.05, 0) is 69.8 Å². The monoisotopic (exact) mass is 386 g/mol. The minimum absolute atomic E-state index is 0.116. The second-order valence-corrected chi connectivity index (χ2v) is 8.38. The van der Waals surface area contributed by atoms with Gasteiger partial charge in [-0.1, -0.05) is 30.7 Å². The maximum Gasteiger partial charge on any atom is 0.193 e. The summed E-state index contributed by atoms with van der Waals surface area (Å²) in [6.45, 7) is 13.9. The fraction of sp³-hybridized carbons (Fsp3) is 0.696. The van der Waals surface area contributed by atoms with E-state index < -0.39 is 0 Å². The average molecular weight is 387 g/mol. The van der Waals surface area contributed by atoms with Crippen molar-refractivity contribution in [2.24, 2.45) is 10.9 Å². The summed E-state index contributed by atoms with van der Waals surface area (Å²) in [4.78, 5) is 9.53. The van der Waals surface area contributed by atoms with Gasteiger partial charge in [-0.15, -0.1) is 0 Å². The van der Waals surface area contributed by atoms with Crippen LogP contribution in [0.1, 0.15) is 49.0 Å². The Morgan fingerprint density at radius 3 is 2.68 bits per heavy atom. The van der Waals surface area contributed by atoms with Crippen molar-refractivity contribution in [3.63, 3.8) is 0 Å². The number of morpholine rings is 1. The van der Waals surface area contributed by atoms with Crippen LogP contribution in [0.4, 0.5) is 0 Å². The molecule has 0 amide bonds. The molecule has 1 aromatic carbocycles. The number of rotatable bonds is 5. The first-order valence-corrected chi connectivity index (χ1v) is 11.0. The van der Waals surface area contributed by atoms with Crippen molar-refractivity contribution in [1.29, 1.82) is 0 Å². The lowest BCUT2D eigenvalue weighted by Gasteiger charge is -2.37. The topological polar surface area (TPSA) is 40.1 Å². The molecule has 1 atom stereocenters. The largest absolute Gasteiger partial charge is 0.370 e. The van der Waals surface area contributed by atoms with E-state index in [1.807, 2.05) is 7.05 Å². The Morgan fingerprint density at radius 1 is 1.21 bits per heavy atom. The summed E-state index contributed by atoms with van der Waals surface area (Å²) >= 11 is 0. The summed E-state index contributed by atoms with van der Waals surface area (Å²) in [5.41, 5.74) is 3.92. The van der Waals surface area contributed by atoms with E-state index in [-0.39, 0.29) is 6.10 Å². The predicted octanol–water partition coefficient (Wildman–Crippen LogP) is 3.37. The van der Waals surface area contributed by atoms with Crippen LogP contribution >= 0.6 is 0 Å². The van der Waals surface area contributed by atoms with Crippen LogP contribution in [-0.2, 0) is 4.74 Å². The molecule has 2 aliphatic rings. The number of aryl methyl sites for hydroxylation is 2. The molecule has 5 heteroatoms. The summed E-state index contributed by atoms with van der Waals surface area (Å²) in [5.74, 6) is 1.77. The van der Waals surface area contributed by atoms with E-state index in [2.05, 4.69) is 59.1 Å². The van der Waals surface area contributed by atoms with Gasteiger partial charge in [-0.3, -0.25) is 4.99 Å². The van der Waals surface area contributed by atoms with Crippen LogP contribution < -0.4 is 5.32 Å². The minimum Gasteiger partial charge on any atom is -0.370 e. The van der Waals surface area contributed by atoms with Gasteiger partial charge in [0.2, 0.25) is 0 Å². The number of likely N-dealkylation sites (tertiary alicyclic amines) is 1. The molecule has 1 N–H and O–H groups in total. The highest BCUT2D eigenvalue weighted by Crippen LogP contribution is 2.26. The Morgan fingerprint density at radius 2 is 2.00 bits per heavy atom. The van der Waals surface area contributed by atoms with Crippen molar-refractivity contribution in [2.75, 3.05) is 52.9 Å². The lowest BCUT2D eigenvalue weighted by molar-refractivity contribution is -0.00841. The van der Waals surface area contributed by atoms with Gasteiger partial charge in [-0.2, -0.15) is 0 Å². The van der Waals surface area contributed by atoms with Crippen molar-refractivity contribution < 1.29 is 4.74 Å². The third kappa shape index (κ3) is 5.48. The lowest BCUT2D eigenvalue weighted by atomic mass is 9.96. The first kappa shape index (κ1) is 21.1. The van der Waals surface area contributed by atoms with E-state index in [1.54, 1.807) is 0 Å². The van der Waals surface area contributed by atoms with Crippen LogP contribution in [0, 0.1) is 19.8 Å². The van der Waals surface area contributed by atoms with Gasteiger partial charge in [0.15, 0.2) is 5.96 Å². The molecule has 0 radical (unpaired) electrons. The van der Waals surface area contributed by atoms with Crippen LogP contribution in [-0.4, -0.2) is 68.7 Å². The first-order chi connectivity index (χ1) is 13.6. The van der Waals surface area contributed by atoms with Gasteiger partial charge in [0, 0.05) is 20.1 Å². The summed E-state index contributed by atoms with van der Waals surface area (Å²) in [6, 6.07) is 6.65. The second-order valence-electron chi connectivity index (χ2n) is 8.38. The van der Waals surface area contributed by atoms with Crippen molar-refractivity contribution in [3.8, 4) is 0 Å². The lowest BCUT2D eigenvalue weighted by Crippen LogP contribution is -2.49. The van der Waals surface area contributed by atoms with Crippen LogP contribution in [0.3, 0.4) is 0 Å². The number of guanidine groups is 1. The molecule has 0 spiro atoms. The molecule has 2 fully saturated rings. The number of aliphatic imine (C=N–C) groups is 1. The molecule has 2 heterocycles. The summed E-state index contributed by atoms with van der Waals surface area (Å²) in [5, 5.41) is 3.65.